The molecule has 0 radical (unpaired) electrons. The average Bonchev–Trinajstić information content (AvgIpc) is 2.95. The first-order valence-corrected chi connectivity index (χ1v) is 8.97. The van der Waals surface area contributed by atoms with Crippen molar-refractivity contribution in [3.8, 4) is 0 Å². The molecule has 0 bridgehead atoms. The summed E-state index contributed by atoms with van der Waals surface area (Å²) in [6.07, 6.45) is 3.38. The van der Waals surface area contributed by atoms with Crippen molar-refractivity contribution in [2.24, 2.45) is 0 Å². The SMILES string of the molecule is CC(=O)c1ccc(NC2(C)CCCc3c2[nH]c2ccc(C)cc32)cc1. The van der Waals surface area contributed by atoms with Crippen molar-refractivity contribution in [3.63, 3.8) is 0 Å². The van der Waals surface area contributed by atoms with Crippen LogP contribution in [0.4, 0.5) is 5.69 Å². The van der Waals surface area contributed by atoms with Crippen LogP contribution in [0, 0.1) is 6.92 Å². The lowest BCUT2D eigenvalue weighted by Gasteiger charge is -2.36. The summed E-state index contributed by atoms with van der Waals surface area (Å²) in [5, 5.41) is 5.07. The molecule has 1 atom stereocenters. The number of H-pyrrole nitrogens is 1. The Hall–Kier alpha value is -2.55. The van der Waals surface area contributed by atoms with E-state index in [0.29, 0.717) is 0 Å². The molecule has 3 aromatic rings. The lowest BCUT2D eigenvalue weighted by molar-refractivity contribution is 0.101. The molecular weight excluding hydrogens is 308 g/mol. The summed E-state index contributed by atoms with van der Waals surface area (Å²) < 4.78 is 0. The summed E-state index contributed by atoms with van der Waals surface area (Å²) in [5.41, 5.74) is 6.94. The number of fused-ring (bicyclic) bond motifs is 3. The molecule has 1 unspecified atom stereocenters. The molecule has 0 aliphatic heterocycles. The van der Waals surface area contributed by atoms with Crippen LogP contribution in [0.3, 0.4) is 0 Å². The third-order valence-electron chi connectivity index (χ3n) is 5.43. The second-order valence-electron chi connectivity index (χ2n) is 7.47. The van der Waals surface area contributed by atoms with Crippen molar-refractivity contribution in [3.05, 3.63) is 64.8 Å². The van der Waals surface area contributed by atoms with Gasteiger partial charge in [0.25, 0.3) is 0 Å². The van der Waals surface area contributed by atoms with Crippen LogP contribution in [-0.4, -0.2) is 10.8 Å². The molecule has 1 aliphatic rings. The Labute approximate surface area is 148 Å². The minimum absolute atomic E-state index is 0.101. The van der Waals surface area contributed by atoms with Gasteiger partial charge in [-0.2, -0.15) is 0 Å². The van der Waals surface area contributed by atoms with Crippen molar-refractivity contribution in [2.75, 3.05) is 5.32 Å². The Morgan fingerprint density at radius 3 is 2.64 bits per heavy atom. The number of hydrogen-bond acceptors (Lipinski definition) is 2. The van der Waals surface area contributed by atoms with Crippen LogP contribution in [-0.2, 0) is 12.0 Å². The molecule has 3 nitrogen and oxygen atoms in total. The van der Waals surface area contributed by atoms with E-state index in [1.807, 2.05) is 24.3 Å². The Bertz CT molecular complexity index is 952. The molecule has 2 N–H and O–H groups in total. The second kappa shape index (κ2) is 5.76. The number of aromatic nitrogens is 1. The minimum atomic E-state index is -0.127. The highest BCUT2D eigenvalue weighted by Crippen LogP contribution is 2.40. The first-order valence-electron chi connectivity index (χ1n) is 8.97. The number of hydrogen-bond donors (Lipinski definition) is 2. The van der Waals surface area contributed by atoms with E-state index in [1.54, 1.807) is 6.92 Å². The number of benzene rings is 2. The highest BCUT2D eigenvalue weighted by atomic mass is 16.1. The molecule has 0 spiro atoms. The molecule has 0 saturated heterocycles. The van der Waals surface area contributed by atoms with Gasteiger partial charge in [0.2, 0.25) is 0 Å². The van der Waals surface area contributed by atoms with Crippen molar-refractivity contribution >= 4 is 22.4 Å². The van der Waals surface area contributed by atoms with Crippen molar-refractivity contribution in [1.29, 1.82) is 0 Å². The van der Waals surface area contributed by atoms with Crippen molar-refractivity contribution in [2.45, 2.75) is 45.6 Å². The van der Waals surface area contributed by atoms with Gasteiger partial charge in [-0.05, 0) is 82.0 Å². The van der Waals surface area contributed by atoms with Crippen LogP contribution in [0.25, 0.3) is 10.9 Å². The molecule has 1 heterocycles. The third kappa shape index (κ3) is 2.74. The lowest BCUT2D eigenvalue weighted by atomic mass is 9.81. The fourth-order valence-corrected chi connectivity index (χ4v) is 4.07. The lowest BCUT2D eigenvalue weighted by Crippen LogP contribution is -2.35. The smallest absolute Gasteiger partial charge is 0.159 e. The molecule has 0 saturated carbocycles. The molecule has 1 aliphatic carbocycles. The fourth-order valence-electron chi connectivity index (χ4n) is 4.07. The van der Waals surface area contributed by atoms with Crippen LogP contribution in [0.5, 0.6) is 0 Å². The van der Waals surface area contributed by atoms with Gasteiger partial charge >= 0.3 is 0 Å². The van der Waals surface area contributed by atoms with Gasteiger partial charge in [0.15, 0.2) is 5.78 Å². The van der Waals surface area contributed by atoms with E-state index in [4.69, 9.17) is 0 Å². The van der Waals surface area contributed by atoms with Crippen molar-refractivity contribution in [1.82, 2.24) is 4.98 Å². The molecule has 1 aromatic heterocycles. The summed E-state index contributed by atoms with van der Waals surface area (Å²) in [4.78, 5) is 15.1. The minimum Gasteiger partial charge on any atom is -0.374 e. The summed E-state index contributed by atoms with van der Waals surface area (Å²) in [7, 11) is 0. The maximum absolute atomic E-state index is 11.5. The summed E-state index contributed by atoms with van der Waals surface area (Å²) in [6.45, 7) is 6.02. The maximum atomic E-state index is 11.5. The monoisotopic (exact) mass is 332 g/mol. The summed E-state index contributed by atoms with van der Waals surface area (Å²) in [6, 6.07) is 14.4. The third-order valence-corrected chi connectivity index (χ3v) is 5.43. The molecule has 25 heavy (non-hydrogen) atoms. The molecule has 128 valence electrons. The van der Waals surface area contributed by atoms with E-state index in [9.17, 15) is 4.79 Å². The Balaban J connectivity index is 1.73. The normalized spacial score (nSPS) is 19.6. The highest BCUT2D eigenvalue weighted by molar-refractivity contribution is 5.94. The summed E-state index contributed by atoms with van der Waals surface area (Å²) in [5.74, 6) is 0.101. The van der Waals surface area contributed by atoms with Gasteiger partial charge < -0.3 is 10.3 Å². The molecular formula is C22H24N2O. The first-order chi connectivity index (χ1) is 12.0. The number of nitrogens with one attached hydrogen (secondary N) is 2. The zero-order valence-electron chi connectivity index (χ0n) is 15.1. The highest BCUT2D eigenvalue weighted by Gasteiger charge is 2.34. The number of anilines is 1. The Kier molecular flexibility index (Phi) is 3.68. The van der Waals surface area contributed by atoms with Crippen LogP contribution in [0.2, 0.25) is 0 Å². The Morgan fingerprint density at radius 2 is 1.92 bits per heavy atom. The number of aryl methyl sites for hydroxylation is 2. The summed E-state index contributed by atoms with van der Waals surface area (Å²) >= 11 is 0. The van der Waals surface area contributed by atoms with Crippen molar-refractivity contribution < 1.29 is 4.79 Å². The maximum Gasteiger partial charge on any atom is 0.159 e. The number of carbonyl (C=O) groups excluding carboxylic acids is 1. The molecule has 3 heteroatoms. The predicted molar refractivity (Wildman–Crippen MR) is 103 cm³/mol. The standard InChI is InChI=1S/C22H24N2O/c1-14-6-11-20-19(13-14)18-5-4-12-22(3,21(18)23-20)24-17-9-7-16(8-10-17)15(2)25/h6-11,13,23-24H,4-5,12H2,1-3H3. The van der Waals surface area contributed by atoms with Crippen LogP contribution >= 0.6 is 0 Å². The number of aromatic amines is 1. The van der Waals surface area contributed by atoms with E-state index in [1.165, 1.54) is 34.1 Å². The second-order valence-corrected chi connectivity index (χ2v) is 7.47. The number of carbonyl (C=O) groups is 1. The van der Waals surface area contributed by atoms with Crippen LogP contribution < -0.4 is 5.32 Å². The first kappa shape index (κ1) is 15.9. The van der Waals surface area contributed by atoms with Gasteiger partial charge in [0.1, 0.15) is 0 Å². The zero-order chi connectivity index (χ0) is 17.6. The molecule has 0 amide bonds. The quantitative estimate of drug-likeness (QED) is 0.636. The molecule has 0 fully saturated rings. The molecule has 2 aromatic carbocycles. The zero-order valence-corrected chi connectivity index (χ0v) is 15.1. The van der Waals surface area contributed by atoms with Crippen LogP contribution in [0.1, 0.15) is 53.9 Å². The Morgan fingerprint density at radius 1 is 1.16 bits per heavy atom. The number of ketones is 1. The van der Waals surface area contributed by atoms with Gasteiger partial charge in [0.05, 0.1) is 5.54 Å². The van der Waals surface area contributed by atoms with Gasteiger partial charge in [-0.15, -0.1) is 0 Å². The number of Topliss-reactive ketones (excluding diaryl/α,β-unsaturated/α-hetero) is 1. The predicted octanol–water partition coefficient (Wildman–Crippen LogP) is 5.34. The van der Waals surface area contributed by atoms with Gasteiger partial charge in [-0.25, -0.2) is 0 Å². The van der Waals surface area contributed by atoms with Gasteiger partial charge in [-0.3, -0.25) is 4.79 Å². The van der Waals surface area contributed by atoms with Crippen LogP contribution in [0.15, 0.2) is 42.5 Å². The topological polar surface area (TPSA) is 44.9 Å². The van der Waals surface area contributed by atoms with E-state index in [2.05, 4.69) is 42.3 Å². The van der Waals surface area contributed by atoms with Gasteiger partial charge in [0, 0.05) is 27.8 Å². The fraction of sp³-hybridized carbons (Fsp3) is 0.318. The van der Waals surface area contributed by atoms with E-state index in [-0.39, 0.29) is 11.3 Å². The largest absolute Gasteiger partial charge is 0.374 e. The van der Waals surface area contributed by atoms with E-state index in [0.717, 1.165) is 24.1 Å². The van der Waals surface area contributed by atoms with Gasteiger partial charge in [-0.1, -0.05) is 11.6 Å². The van der Waals surface area contributed by atoms with E-state index < -0.39 is 0 Å². The van der Waals surface area contributed by atoms with E-state index >= 15 is 0 Å². The molecule has 4 rings (SSSR count). The average molecular weight is 332 g/mol. The number of rotatable bonds is 3.